The molecule has 0 radical (unpaired) electrons. The molecule has 0 heterocycles. The van der Waals surface area contributed by atoms with E-state index in [1.807, 2.05) is 12.2 Å². The molecule has 0 aliphatic rings. The molecular formula is C46H76O6. The number of esters is 3. The van der Waals surface area contributed by atoms with Gasteiger partial charge in [-0.3, -0.25) is 14.4 Å². The van der Waals surface area contributed by atoms with E-state index in [9.17, 15) is 14.4 Å². The first-order valence-electron chi connectivity index (χ1n) is 20.9. The van der Waals surface area contributed by atoms with Crippen LogP contribution >= 0.6 is 0 Å². The molecule has 0 aliphatic carbocycles. The lowest BCUT2D eigenvalue weighted by molar-refractivity contribution is -0.166. The van der Waals surface area contributed by atoms with Crippen LogP contribution in [0.4, 0.5) is 0 Å². The number of rotatable bonds is 36. The summed E-state index contributed by atoms with van der Waals surface area (Å²) in [6.45, 7) is 6.18. The third kappa shape index (κ3) is 38.1. The van der Waals surface area contributed by atoms with Crippen molar-refractivity contribution in [3.05, 3.63) is 72.9 Å². The maximum absolute atomic E-state index is 12.5. The van der Waals surface area contributed by atoms with Crippen LogP contribution in [0.3, 0.4) is 0 Å². The smallest absolute Gasteiger partial charge is 0.310 e. The summed E-state index contributed by atoms with van der Waals surface area (Å²) in [6, 6.07) is 0. The molecule has 0 fully saturated rings. The molecule has 52 heavy (non-hydrogen) atoms. The zero-order valence-electron chi connectivity index (χ0n) is 33.5. The molecule has 0 N–H and O–H groups in total. The van der Waals surface area contributed by atoms with Crippen molar-refractivity contribution in [1.29, 1.82) is 0 Å². The van der Waals surface area contributed by atoms with E-state index in [-0.39, 0.29) is 32.0 Å². The van der Waals surface area contributed by atoms with Gasteiger partial charge >= 0.3 is 17.9 Å². The first-order chi connectivity index (χ1) is 25.5. The summed E-state index contributed by atoms with van der Waals surface area (Å²) in [7, 11) is 0. The maximum Gasteiger partial charge on any atom is 0.310 e. The van der Waals surface area contributed by atoms with Gasteiger partial charge in [-0.1, -0.05) is 190 Å². The molecule has 1 unspecified atom stereocenters. The molecule has 296 valence electrons. The van der Waals surface area contributed by atoms with Gasteiger partial charge in [0.05, 0.1) is 12.8 Å². The van der Waals surface area contributed by atoms with E-state index in [0.29, 0.717) is 6.42 Å². The van der Waals surface area contributed by atoms with E-state index in [0.717, 1.165) is 57.8 Å². The average molecular weight is 725 g/mol. The SMILES string of the molecule is CC/C=C\C/C=C\C/C=C\CC(=O)OCC(COC(=O)CCCCCCCCCCCCCCCCCC)OC(=O)C/C=C\C/C=C\C/C=C\CC. The van der Waals surface area contributed by atoms with Crippen LogP contribution in [0.1, 0.15) is 181 Å². The van der Waals surface area contributed by atoms with Gasteiger partial charge in [-0.25, -0.2) is 0 Å². The Hall–Kier alpha value is -3.15. The lowest BCUT2D eigenvalue weighted by atomic mass is 10.0. The molecule has 0 saturated heterocycles. The maximum atomic E-state index is 12.5. The van der Waals surface area contributed by atoms with Crippen molar-refractivity contribution in [3.63, 3.8) is 0 Å². The van der Waals surface area contributed by atoms with Gasteiger partial charge in [-0.05, 0) is 44.9 Å². The molecule has 0 aromatic heterocycles. The van der Waals surface area contributed by atoms with Gasteiger partial charge < -0.3 is 14.2 Å². The zero-order chi connectivity index (χ0) is 38.0. The van der Waals surface area contributed by atoms with Gasteiger partial charge in [0.15, 0.2) is 6.10 Å². The van der Waals surface area contributed by atoms with E-state index >= 15 is 0 Å². The summed E-state index contributed by atoms with van der Waals surface area (Å²) in [4.78, 5) is 37.3. The lowest BCUT2D eigenvalue weighted by Gasteiger charge is -2.17. The second kappa shape index (κ2) is 40.6. The number of unbranched alkanes of at least 4 members (excludes halogenated alkanes) is 15. The summed E-state index contributed by atoms with van der Waals surface area (Å²) >= 11 is 0. The second-order valence-corrected chi connectivity index (χ2v) is 13.5. The molecule has 0 amide bonds. The Labute approximate surface area is 319 Å². The minimum Gasteiger partial charge on any atom is -0.462 e. The highest BCUT2D eigenvalue weighted by atomic mass is 16.6. The summed E-state index contributed by atoms with van der Waals surface area (Å²) in [6.07, 6.45) is 49.6. The molecule has 6 heteroatoms. The van der Waals surface area contributed by atoms with Gasteiger partial charge in [-0.2, -0.15) is 0 Å². The van der Waals surface area contributed by atoms with E-state index in [1.54, 1.807) is 12.2 Å². The Morgan fingerprint density at radius 2 is 0.750 bits per heavy atom. The minimum atomic E-state index is -0.854. The molecule has 0 aromatic rings. The van der Waals surface area contributed by atoms with Crippen molar-refractivity contribution >= 4 is 17.9 Å². The Morgan fingerprint density at radius 1 is 0.404 bits per heavy atom. The van der Waals surface area contributed by atoms with Gasteiger partial charge in [0.2, 0.25) is 0 Å². The van der Waals surface area contributed by atoms with Crippen LogP contribution in [-0.4, -0.2) is 37.2 Å². The number of carbonyl (C=O) groups excluding carboxylic acids is 3. The fraction of sp³-hybridized carbons (Fsp3) is 0.674. The summed E-state index contributed by atoms with van der Waals surface area (Å²) < 4.78 is 16.4. The normalized spacial score (nSPS) is 12.8. The Morgan fingerprint density at radius 3 is 1.17 bits per heavy atom. The molecule has 0 rings (SSSR count). The number of carbonyl (C=O) groups is 3. The monoisotopic (exact) mass is 725 g/mol. The molecule has 1 atom stereocenters. The van der Waals surface area contributed by atoms with Crippen molar-refractivity contribution in [1.82, 2.24) is 0 Å². The third-order valence-electron chi connectivity index (χ3n) is 8.52. The quantitative estimate of drug-likeness (QED) is 0.0277. The predicted molar refractivity (Wildman–Crippen MR) is 219 cm³/mol. The number of hydrogen-bond donors (Lipinski definition) is 0. The lowest BCUT2D eigenvalue weighted by Crippen LogP contribution is -2.30. The van der Waals surface area contributed by atoms with Crippen molar-refractivity contribution in [2.45, 2.75) is 187 Å². The second-order valence-electron chi connectivity index (χ2n) is 13.5. The largest absolute Gasteiger partial charge is 0.462 e. The van der Waals surface area contributed by atoms with Crippen LogP contribution in [0.15, 0.2) is 72.9 Å². The van der Waals surface area contributed by atoms with Gasteiger partial charge in [-0.15, -0.1) is 0 Å². The fourth-order valence-electron chi connectivity index (χ4n) is 5.45. The standard InChI is InChI=1S/C46H76O6/c1-4-7-10-13-16-19-20-21-22-23-24-25-28-30-33-36-39-45(48)51-42-43(52-46(49)40-37-34-31-27-18-15-12-9-6-3)41-50-44(47)38-35-32-29-26-17-14-11-8-5-2/h8-9,11-12,17-18,26-27,32,34-35,37,43H,4-7,10,13-16,19-25,28-31,33,36,38-42H2,1-3H3/b11-8-,12-9-,26-17-,27-18-,35-32-,37-34-. The van der Waals surface area contributed by atoms with Gasteiger partial charge in [0.1, 0.15) is 13.2 Å². The van der Waals surface area contributed by atoms with E-state index < -0.39 is 18.0 Å². The number of hydrogen-bond acceptors (Lipinski definition) is 6. The van der Waals surface area contributed by atoms with E-state index in [1.165, 1.54) is 83.5 Å². The average Bonchev–Trinajstić information content (AvgIpc) is 3.14. The highest BCUT2D eigenvalue weighted by molar-refractivity contribution is 5.72. The van der Waals surface area contributed by atoms with Crippen molar-refractivity contribution < 1.29 is 28.6 Å². The fourth-order valence-corrected chi connectivity index (χ4v) is 5.45. The zero-order valence-corrected chi connectivity index (χ0v) is 33.5. The van der Waals surface area contributed by atoms with E-state index in [4.69, 9.17) is 14.2 Å². The topological polar surface area (TPSA) is 78.9 Å². The Balaban J connectivity index is 4.42. The van der Waals surface area contributed by atoms with Crippen LogP contribution in [0.25, 0.3) is 0 Å². The highest BCUT2D eigenvalue weighted by Crippen LogP contribution is 2.14. The van der Waals surface area contributed by atoms with E-state index in [2.05, 4.69) is 69.4 Å². The highest BCUT2D eigenvalue weighted by Gasteiger charge is 2.19. The first kappa shape index (κ1) is 48.9. The number of ether oxygens (including phenoxy) is 3. The van der Waals surface area contributed by atoms with Gasteiger partial charge in [0, 0.05) is 6.42 Å². The van der Waals surface area contributed by atoms with Crippen molar-refractivity contribution in [2.75, 3.05) is 13.2 Å². The molecule has 0 spiro atoms. The molecule has 0 saturated carbocycles. The predicted octanol–water partition coefficient (Wildman–Crippen LogP) is 13.1. The van der Waals surface area contributed by atoms with Crippen LogP contribution < -0.4 is 0 Å². The Kier molecular flexibility index (Phi) is 38.2. The molecule has 0 aliphatic heterocycles. The molecule has 6 nitrogen and oxygen atoms in total. The Bertz CT molecular complexity index is 1020. The molecular weight excluding hydrogens is 649 g/mol. The molecule has 0 bridgehead atoms. The van der Waals surface area contributed by atoms with Crippen LogP contribution in [0, 0.1) is 0 Å². The molecule has 0 aromatic carbocycles. The van der Waals surface area contributed by atoms with Crippen LogP contribution in [0.2, 0.25) is 0 Å². The van der Waals surface area contributed by atoms with Crippen molar-refractivity contribution in [3.8, 4) is 0 Å². The third-order valence-corrected chi connectivity index (χ3v) is 8.52. The minimum absolute atomic E-state index is 0.0889. The summed E-state index contributed by atoms with van der Waals surface area (Å²) in [5.74, 6) is -1.20. The van der Waals surface area contributed by atoms with Crippen LogP contribution in [-0.2, 0) is 28.6 Å². The summed E-state index contributed by atoms with van der Waals surface area (Å²) in [5.41, 5.74) is 0. The van der Waals surface area contributed by atoms with Crippen molar-refractivity contribution in [2.24, 2.45) is 0 Å². The van der Waals surface area contributed by atoms with Gasteiger partial charge in [0.25, 0.3) is 0 Å². The first-order valence-corrected chi connectivity index (χ1v) is 20.9. The number of allylic oxidation sites excluding steroid dienone is 10. The summed E-state index contributed by atoms with van der Waals surface area (Å²) in [5, 5.41) is 0. The van der Waals surface area contributed by atoms with Crippen LogP contribution in [0.5, 0.6) is 0 Å².